The minimum atomic E-state index is -0.496. The SMILES string of the molecule is COCC(O)CCN=C(N)NN. The molecule has 0 aliphatic rings. The topological polar surface area (TPSA) is 106 Å². The van der Waals surface area contributed by atoms with Crippen LogP contribution in [0.2, 0.25) is 0 Å². The summed E-state index contributed by atoms with van der Waals surface area (Å²) in [5, 5.41) is 9.15. The summed E-state index contributed by atoms with van der Waals surface area (Å²) < 4.78 is 4.72. The average molecular weight is 176 g/mol. The summed E-state index contributed by atoms with van der Waals surface area (Å²) in [5.74, 6) is 5.12. The van der Waals surface area contributed by atoms with Crippen molar-refractivity contribution < 1.29 is 9.84 Å². The Kier molecular flexibility index (Phi) is 6.35. The molecule has 0 aliphatic carbocycles. The number of nitrogens with two attached hydrogens (primary N) is 2. The lowest BCUT2D eigenvalue weighted by atomic mass is 10.3. The fraction of sp³-hybridized carbons (Fsp3) is 0.833. The normalized spacial score (nSPS) is 14.4. The first-order valence-corrected chi connectivity index (χ1v) is 3.64. The molecule has 0 saturated heterocycles. The second kappa shape index (κ2) is 6.84. The minimum absolute atomic E-state index is 0.166. The Labute approximate surface area is 71.6 Å². The van der Waals surface area contributed by atoms with Gasteiger partial charge in [-0.2, -0.15) is 0 Å². The molecule has 0 aromatic heterocycles. The van der Waals surface area contributed by atoms with Gasteiger partial charge >= 0.3 is 0 Å². The van der Waals surface area contributed by atoms with Gasteiger partial charge in [0.05, 0.1) is 12.7 Å². The van der Waals surface area contributed by atoms with Gasteiger partial charge < -0.3 is 15.6 Å². The molecule has 0 saturated carbocycles. The Morgan fingerprint density at radius 2 is 2.42 bits per heavy atom. The number of rotatable bonds is 5. The molecule has 0 spiro atoms. The molecule has 12 heavy (non-hydrogen) atoms. The van der Waals surface area contributed by atoms with Crippen molar-refractivity contribution in [2.45, 2.75) is 12.5 Å². The first-order valence-electron chi connectivity index (χ1n) is 3.64. The maximum Gasteiger partial charge on any atom is 0.203 e. The number of guanidine groups is 1. The maximum absolute atomic E-state index is 9.15. The number of aliphatic hydroxyl groups excluding tert-OH is 1. The number of hydrazine groups is 1. The van der Waals surface area contributed by atoms with Crippen LogP contribution in [0.25, 0.3) is 0 Å². The summed E-state index contributed by atoms with van der Waals surface area (Å²) in [6, 6.07) is 0. The monoisotopic (exact) mass is 176 g/mol. The molecule has 6 heteroatoms. The molecule has 6 nitrogen and oxygen atoms in total. The first-order chi connectivity index (χ1) is 5.70. The second-order valence-electron chi connectivity index (χ2n) is 2.31. The summed E-state index contributed by atoms with van der Waals surface area (Å²) in [6.07, 6.45) is 0.0141. The van der Waals surface area contributed by atoms with Gasteiger partial charge in [-0.05, 0) is 6.42 Å². The highest BCUT2D eigenvalue weighted by molar-refractivity contribution is 5.76. The highest BCUT2D eigenvalue weighted by atomic mass is 16.5. The van der Waals surface area contributed by atoms with Crippen LogP contribution >= 0.6 is 0 Å². The number of nitrogens with zero attached hydrogens (tertiary/aromatic N) is 1. The Morgan fingerprint density at radius 3 is 2.92 bits per heavy atom. The predicted octanol–water partition coefficient (Wildman–Crippen LogP) is -1.84. The zero-order chi connectivity index (χ0) is 9.40. The quantitative estimate of drug-likeness (QED) is 0.170. The van der Waals surface area contributed by atoms with E-state index in [1.54, 1.807) is 0 Å². The van der Waals surface area contributed by atoms with E-state index in [0.717, 1.165) is 0 Å². The van der Waals surface area contributed by atoms with Crippen molar-refractivity contribution in [3.63, 3.8) is 0 Å². The Hall–Kier alpha value is -0.850. The zero-order valence-corrected chi connectivity index (χ0v) is 7.16. The zero-order valence-electron chi connectivity index (χ0n) is 7.16. The number of hydrogen-bond donors (Lipinski definition) is 4. The van der Waals surface area contributed by atoms with E-state index in [1.165, 1.54) is 7.11 Å². The molecule has 0 heterocycles. The van der Waals surface area contributed by atoms with Crippen LogP contribution in [0.15, 0.2) is 4.99 Å². The lowest BCUT2D eigenvalue weighted by Gasteiger charge is -2.06. The summed E-state index contributed by atoms with van der Waals surface area (Å²) in [7, 11) is 1.53. The lowest BCUT2D eigenvalue weighted by molar-refractivity contribution is 0.0609. The number of hydrogen-bond acceptors (Lipinski definition) is 4. The van der Waals surface area contributed by atoms with E-state index in [1.807, 2.05) is 0 Å². The van der Waals surface area contributed by atoms with Crippen LogP contribution in [0.3, 0.4) is 0 Å². The van der Waals surface area contributed by atoms with Crippen molar-refractivity contribution in [1.82, 2.24) is 5.43 Å². The van der Waals surface area contributed by atoms with Crippen LogP contribution in [0.1, 0.15) is 6.42 Å². The molecule has 0 aromatic carbocycles. The first kappa shape index (κ1) is 11.2. The van der Waals surface area contributed by atoms with Gasteiger partial charge in [-0.25, -0.2) is 5.84 Å². The number of aliphatic hydroxyl groups is 1. The molecular formula is C6H16N4O2. The number of ether oxygens (including phenoxy) is 1. The standard InChI is InChI=1S/C6H16N4O2/c1-12-4-5(11)2-3-9-6(7)10-8/h5,11H,2-4,8H2,1H3,(H3,7,9,10). The van der Waals surface area contributed by atoms with E-state index in [9.17, 15) is 0 Å². The van der Waals surface area contributed by atoms with Gasteiger partial charge in [0.15, 0.2) is 0 Å². The Balaban J connectivity index is 3.41. The Bertz CT molecular complexity index is 140. The van der Waals surface area contributed by atoms with Crippen molar-refractivity contribution in [2.24, 2.45) is 16.6 Å². The lowest BCUT2D eigenvalue weighted by Crippen LogP contribution is -2.37. The van der Waals surface area contributed by atoms with Crippen molar-refractivity contribution >= 4 is 5.96 Å². The summed E-state index contributed by atoms with van der Waals surface area (Å²) in [6.45, 7) is 0.742. The molecule has 1 unspecified atom stereocenters. The summed E-state index contributed by atoms with van der Waals surface area (Å²) in [5.41, 5.74) is 7.42. The van der Waals surface area contributed by atoms with E-state index in [-0.39, 0.29) is 5.96 Å². The molecule has 0 radical (unpaired) electrons. The second-order valence-corrected chi connectivity index (χ2v) is 2.31. The largest absolute Gasteiger partial charge is 0.391 e. The molecule has 72 valence electrons. The van der Waals surface area contributed by atoms with Gasteiger partial charge in [0, 0.05) is 13.7 Å². The molecule has 1 atom stereocenters. The molecule has 0 bridgehead atoms. The van der Waals surface area contributed by atoms with Gasteiger partial charge in [0.25, 0.3) is 0 Å². The maximum atomic E-state index is 9.15. The minimum Gasteiger partial charge on any atom is -0.391 e. The van der Waals surface area contributed by atoms with Crippen LogP contribution in [0.4, 0.5) is 0 Å². The molecule has 0 fully saturated rings. The highest BCUT2D eigenvalue weighted by Crippen LogP contribution is 1.91. The van der Waals surface area contributed by atoms with E-state index in [0.29, 0.717) is 19.6 Å². The fourth-order valence-electron chi connectivity index (χ4n) is 0.655. The summed E-state index contributed by atoms with van der Waals surface area (Å²) >= 11 is 0. The number of nitrogens with one attached hydrogen (secondary N) is 1. The highest BCUT2D eigenvalue weighted by Gasteiger charge is 2.01. The smallest absolute Gasteiger partial charge is 0.203 e. The van der Waals surface area contributed by atoms with Crippen molar-refractivity contribution in [3.8, 4) is 0 Å². The van der Waals surface area contributed by atoms with E-state index >= 15 is 0 Å². The van der Waals surface area contributed by atoms with Gasteiger partial charge in [-0.3, -0.25) is 10.4 Å². The molecule has 0 aliphatic heterocycles. The van der Waals surface area contributed by atoms with Gasteiger partial charge in [-0.1, -0.05) is 0 Å². The van der Waals surface area contributed by atoms with Crippen LogP contribution < -0.4 is 17.0 Å². The molecule has 6 N–H and O–H groups in total. The van der Waals surface area contributed by atoms with Crippen LogP contribution in [-0.4, -0.2) is 37.4 Å². The average Bonchev–Trinajstić information content (AvgIpc) is 2.04. The molecule has 0 amide bonds. The van der Waals surface area contributed by atoms with Gasteiger partial charge in [0.1, 0.15) is 0 Å². The van der Waals surface area contributed by atoms with Gasteiger partial charge in [0.2, 0.25) is 5.96 Å². The van der Waals surface area contributed by atoms with Gasteiger partial charge in [-0.15, -0.1) is 0 Å². The third-order valence-corrected chi connectivity index (χ3v) is 1.25. The molecule has 0 aromatic rings. The van der Waals surface area contributed by atoms with E-state index < -0.39 is 6.10 Å². The molecule has 0 rings (SSSR count). The van der Waals surface area contributed by atoms with Crippen LogP contribution in [-0.2, 0) is 4.74 Å². The summed E-state index contributed by atoms with van der Waals surface area (Å²) in [4.78, 5) is 3.81. The van der Waals surface area contributed by atoms with Crippen molar-refractivity contribution in [1.29, 1.82) is 0 Å². The third-order valence-electron chi connectivity index (χ3n) is 1.25. The van der Waals surface area contributed by atoms with Crippen molar-refractivity contribution in [3.05, 3.63) is 0 Å². The fourth-order valence-corrected chi connectivity index (χ4v) is 0.655. The van der Waals surface area contributed by atoms with Crippen LogP contribution in [0, 0.1) is 0 Å². The third kappa shape index (κ3) is 5.90. The predicted molar refractivity (Wildman–Crippen MR) is 46.3 cm³/mol. The number of methoxy groups -OCH3 is 1. The van der Waals surface area contributed by atoms with E-state index in [2.05, 4.69) is 10.4 Å². The van der Waals surface area contributed by atoms with E-state index in [4.69, 9.17) is 21.4 Å². The number of aliphatic imine (C=N–C) groups is 1. The molecular weight excluding hydrogens is 160 g/mol. The Morgan fingerprint density at radius 1 is 1.75 bits per heavy atom. The van der Waals surface area contributed by atoms with Crippen molar-refractivity contribution in [2.75, 3.05) is 20.3 Å². The van der Waals surface area contributed by atoms with Crippen LogP contribution in [0.5, 0.6) is 0 Å².